The van der Waals surface area contributed by atoms with Crippen LogP contribution in [0.3, 0.4) is 0 Å². The number of hydrogen-bond donors (Lipinski definition) is 1. The molecule has 5 heteroatoms. The number of rotatable bonds is 7. The monoisotopic (exact) mass is 373 g/mol. The Hall–Kier alpha value is -2.17. The molecule has 4 atom stereocenters. The van der Waals surface area contributed by atoms with Gasteiger partial charge in [0.2, 0.25) is 5.91 Å². The van der Waals surface area contributed by atoms with Gasteiger partial charge in [-0.05, 0) is 30.6 Å². The van der Waals surface area contributed by atoms with Crippen LogP contribution in [0.25, 0.3) is 0 Å². The van der Waals surface area contributed by atoms with Crippen LogP contribution in [0.4, 0.5) is 0 Å². The predicted octanol–water partition coefficient (Wildman–Crippen LogP) is 3.77. The summed E-state index contributed by atoms with van der Waals surface area (Å²) < 4.78 is 5.83. The smallest absolute Gasteiger partial charge is 0.329 e. The number of Topliss-reactive ketones (excluding diaryl/α,β-unsaturated/α-hetero) is 1. The van der Waals surface area contributed by atoms with Crippen LogP contribution in [0.5, 0.6) is 0 Å². The van der Waals surface area contributed by atoms with Gasteiger partial charge in [0.1, 0.15) is 12.1 Å². The maximum Gasteiger partial charge on any atom is 0.329 e. The lowest BCUT2D eigenvalue weighted by molar-refractivity contribution is -0.159. The van der Waals surface area contributed by atoms with Gasteiger partial charge in [-0.2, -0.15) is 0 Å². The number of hydrogen-bond acceptors (Lipinski definition) is 4. The first-order chi connectivity index (χ1) is 12.8. The van der Waals surface area contributed by atoms with Crippen LogP contribution in [0, 0.1) is 17.8 Å². The van der Waals surface area contributed by atoms with E-state index >= 15 is 0 Å². The number of nitrogens with one attached hydrogen (secondary N) is 1. The van der Waals surface area contributed by atoms with E-state index in [-0.39, 0.29) is 24.2 Å². The van der Waals surface area contributed by atoms with Crippen LogP contribution in [-0.2, 0) is 14.3 Å². The summed E-state index contributed by atoms with van der Waals surface area (Å²) in [5.41, 5.74) is 0.520. The van der Waals surface area contributed by atoms with Gasteiger partial charge in [0.15, 0.2) is 5.78 Å². The van der Waals surface area contributed by atoms with E-state index in [1.165, 1.54) is 6.92 Å². The average Bonchev–Trinajstić information content (AvgIpc) is 2.61. The van der Waals surface area contributed by atoms with Crippen molar-refractivity contribution in [2.24, 2.45) is 17.8 Å². The van der Waals surface area contributed by atoms with Crippen LogP contribution < -0.4 is 5.32 Å². The summed E-state index contributed by atoms with van der Waals surface area (Å²) in [6.07, 6.45) is 2.73. The van der Waals surface area contributed by atoms with Crippen molar-refractivity contribution in [3.05, 3.63) is 35.9 Å². The highest BCUT2D eigenvalue weighted by atomic mass is 16.5. The lowest BCUT2D eigenvalue weighted by Gasteiger charge is -2.37. The lowest BCUT2D eigenvalue weighted by Crippen LogP contribution is -2.45. The summed E-state index contributed by atoms with van der Waals surface area (Å²) in [7, 11) is 0. The van der Waals surface area contributed by atoms with Crippen molar-refractivity contribution in [1.29, 1.82) is 0 Å². The van der Waals surface area contributed by atoms with Crippen LogP contribution in [-0.4, -0.2) is 29.8 Å². The topological polar surface area (TPSA) is 72.5 Å². The SMILES string of the molecule is CC(=O)N[C@H](CC(=O)c1ccccc1)C(=O)O[C@@H]1C[C@H](C)CC[C@H]1C(C)C. The Morgan fingerprint density at radius 1 is 1.15 bits per heavy atom. The molecule has 1 aromatic rings. The highest BCUT2D eigenvalue weighted by Gasteiger charge is 2.35. The number of carbonyl (C=O) groups is 3. The molecule has 0 saturated heterocycles. The second-order valence-electron chi connectivity index (χ2n) is 8.05. The second kappa shape index (κ2) is 9.67. The Balaban J connectivity index is 2.09. The van der Waals surface area contributed by atoms with Gasteiger partial charge in [0, 0.05) is 18.9 Å². The summed E-state index contributed by atoms with van der Waals surface area (Å²) in [6.45, 7) is 7.80. The summed E-state index contributed by atoms with van der Waals surface area (Å²) in [4.78, 5) is 36.9. The number of esters is 1. The average molecular weight is 373 g/mol. The fourth-order valence-corrected chi connectivity index (χ4v) is 3.85. The third kappa shape index (κ3) is 6.19. The Morgan fingerprint density at radius 3 is 2.41 bits per heavy atom. The molecular formula is C22H31NO4. The van der Waals surface area contributed by atoms with Gasteiger partial charge in [0.05, 0.1) is 0 Å². The minimum absolute atomic E-state index is 0.100. The number of amides is 1. The second-order valence-corrected chi connectivity index (χ2v) is 8.05. The van der Waals surface area contributed by atoms with Crippen molar-refractivity contribution in [3.63, 3.8) is 0 Å². The Morgan fingerprint density at radius 2 is 1.81 bits per heavy atom. The van der Waals surface area contributed by atoms with Crippen molar-refractivity contribution in [2.45, 2.75) is 65.5 Å². The van der Waals surface area contributed by atoms with Crippen molar-refractivity contribution in [3.8, 4) is 0 Å². The summed E-state index contributed by atoms with van der Waals surface area (Å²) in [5, 5.41) is 2.59. The molecule has 1 aliphatic rings. The van der Waals surface area contributed by atoms with Gasteiger partial charge in [-0.3, -0.25) is 9.59 Å². The summed E-state index contributed by atoms with van der Waals surface area (Å²) in [5.74, 6) is 0.176. The van der Waals surface area contributed by atoms with E-state index in [0.29, 0.717) is 23.3 Å². The van der Waals surface area contributed by atoms with Crippen LogP contribution in [0.15, 0.2) is 30.3 Å². The molecule has 0 unspecified atom stereocenters. The molecule has 1 aliphatic carbocycles. The van der Waals surface area contributed by atoms with E-state index in [2.05, 4.69) is 26.1 Å². The Labute approximate surface area is 161 Å². The van der Waals surface area contributed by atoms with Crippen molar-refractivity contribution < 1.29 is 19.1 Å². The van der Waals surface area contributed by atoms with E-state index in [1.807, 2.05) is 6.07 Å². The largest absolute Gasteiger partial charge is 0.461 e. The lowest BCUT2D eigenvalue weighted by atomic mass is 9.75. The number of benzene rings is 1. The normalized spacial score (nSPS) is 23.5. The van der Waals surface area contributed by atoms with Gasteiger partial charge in [-0.25, -0.2) is 4.79 Å². The Kier molecular flexibility index (Phi) is 7.57. The summed E-state index contributed by atoms with van der Waals surface area (Å²) >= 11 is 0. The predicted molar refractivity (Wildman–Crippen MR) is 104 cm³/mol. The molecule has 27 heavy (non-hydrogen) atoms. The zero-order valence-electron chi connectivity index (χ0n) is 16.7. The quantitative estimate of drug-likeness (QED) is 0.583. The molecule has 1 amide bonds. The maximum atomic E-state index is 12.8. The van der Waals surface area contributed by atoms with Crippen molar-refractivity contribution >= 4 is 17.7 Å². The van der Waals surface area contributed by atoms with E-state index in [0.717, 1.165) is 19.3 Å². The standard InChI is InChI=1S/C22H31NO4/c1-14(2)18-11-10-15(3)12-21(18)27-22(26)19(23-16(4)24)13-20(25)17-8-6-5-7-9-17/h5-9,14-15,18-19,21H,10-13H2,1-4H3,(H,23,24)/t15-,18+,19-,21-/m1/s1. The van der Waals surface area contributed by atoms with Crippen molar-refractivity contribution in [1.82, 2.24) is 5.32 Å². The first-order valence-corrected chi connectivity index (χ1v) is 9.83. The molecule has 0 aromatic heterocycles. The van der Waals surface area contributed by atoms with Gasteiger partial charge in [-0.15, -0.1) is 0 Å². The molecule has 0 spiro atoms. The number of carbonyl (C=O) groups excluding carboxylic acids is 3. The first kappa shape index (κ1) is 21.1. The molecule has 0 bridgehead atoms. The van der Waals surface area contributed by atoms with E-state index in [1.54, 1.807) is 24.3 Å². The van der Waals surface area contributed by atoms with Crippen LogP contribution in [0.2, 0.25) is 0 Å². The third-order valence-corrected chi connectivity index (χ3v) is 5.38. The third-order valence-electron chi connectivity index (χ3n) is 5.38. The minimum Gasteiger partial charge on any atom is -0.461 e. The molecule has 1 fully saturated rings. The molecule has 1 saturated carbocycles. The van der Waals surface area contributed by atoms with Crippen LogP contribution >= 0.6 is 0 Å². The highest BCUT2D eigenvalue weighted by Crippen LogP contribution is 2.35. The highest BCUT2D eigenvalue weighted by molar-refractivity contribution is 5.99. The number of ketones is 1. The molecule has 0 aliphatic heterocycles. The zero-order valence-corrected chi connectivity index (χ0v) is 16.7. The molecule has 0 radical (unpaired) electrons. The van der Waals surface area contributed by atoms with E-state index in [4.69, 9.17) is 4.74 Å². The van der Waals surface area contributed by atoms with Crippen molar-refractivity contribution in [2.75, 3.05) is 0 Å². The van der Waals surface area contributed by atoms with Gasteiger partial charge < -0.3 is 10.1 Å². The maximum absolute atomic E-state index is 12.8. The van der Waals surface area contributed by atoms with E-state index < -0.39 is 12.0 Å². The van der Waals surface area contributed by atoms with Gasteiger partial charge in [-0.1, -0.05) is 57.5 Å². The fraction of sp³-hybridized carbons (Fsp3) is 0.591. The minimum atomic E-state index is -0.958. The first-order valence-electron chi connectivity index (χ1n) is 9.83. The molecule has 0 heterocycles. The molecule has 2 rings (SSSR count). The fourth-order valence-electron chi connectivity index (χ4n) is 3.85. The van der Waals surface area contributed by atoms with Gasteiger partial charge >= 0.3 is 5.97 Å². The van der Waals surface area contributed by atoms with Gasteiger partial charge in [0.25, 0.3) is 0 Å². The van der Waals surface area contributed by atoms with E-state index in [9.17, 15) is 14.4 Å². The molecule has 1 N–H and O–H groups in total. The summed E-state index contributed by atoms with van der Waals surface area (Å²) in [6, 6.07) is 7.82. The number of ether oxygens (including phenoxy) is 1. The molecule has 148 valence electrons. The molecular weight excluding hydrogens is 342 g/mol. The molecule has 5 nitrogen and oxygen atoms in total. The Bertz CT molecular complexity index is 656. The molecule has 1 aromatic carbocycles. The van der Waals surface area contributed by atoms with Crippen LogP contribution in [0.1, 0.15) is 63.7 Å². The zero-order chi connectivity index (χ0) is 20.0.